The van der Waals surface area contributed by atoms with E-state index in [1.54, 1.807) is 17.2 Å². The zero-order chi connectivity index (χ0) is 21.8. The predicted molar refractivity (Wildman–Crippen MR) is 120 cm³/mol. The van der Waals surface area contributed by atoms with Crippen LogP contribution in [-0.2, 0) is 4.79 Å². The average Bonchev–Trinajstić information content (AvgIpc) is 3.25. The van der Waals surface area contributed by atoms with Gasteiger partial charge in [0.25, 0.3) is 0 Å². The number of rotatable bonds is 5. The number of hydrogen-bond donors (Lipinski definition) is 3. The Kier molecular flexibility index (Phi) is 6.17. The fraction of sp³-hybridized carbons (Fsp3) is 0.429. The minimum atomic E-state index is -0.415. The zero-order valence-electron chi connectivity index (χ0n) is 17.6. The highest BCUT2D eigenvalue weighted by Gasteiger charge is 2.31. The van der Waals surface area contributed by atoms with E-state index in [-0.39, 0.29) is 0 Å². The number of primary amides is 1. The Morgan fingerprint density at radius 3 is 2.68 bits per heavy atom. The Morgan fingerprint density at radius 2 is 1.90 bits per heavy atom. The molecule has 1 atom stereocenters. The van der Waals surface area contributed by atoms with Gasteiger partial charge in [-0.2, -0.15) is 4.98 Å². The number of benzene rings is 1. The van der Waals surface area contributed by atoms with Crippen LogP contribution in [0.5, 0.6) is 0 Å². The largest absolute Gasteiger partial charge is 0.369 e. The van der Waals surface area contributed by atoms with E-state index in [2.05, 4.69) is 43.5 Å². The topological polar surface area (TPSA) is 120 Å². The summed E-state index contributed by atoms with van der Waals surface area (Å²) < 4.78 is 0. The number of nitrogens with two attached hydrogens (primary N) is 1. The van der Waals surface area contributed by atoms with Crippen molar-refractivity contribution in [3.8, 4) is 0 Å². The second-order valence-corrected chi connectivity index (χ2v) is 7.92. The minimum absolute atomic E-state index is 0.354. The Labute approximate surface area is 181 Å². The smallest absolute Gasteiger partial charge is 0.324 e. The second-order valence-electron chi connectivity index (χ2n) is 7.92. The number of carbonyl (C=O) groups excluding carboxylic acids is 2. The van der Waals surface area contributed by atoms with Crippen LogP contribution < -0.4 is 26.2 Å². The highest BCUT2D eigenvalue weighted by Crippen LogP contribution is 2.23. The number of carbonyl (C=O) groups is 2. The van der Waals surface area contributed by atoms with Crippen molar-refractivity contribution in [3.63, 3.8) is 0 Å². The van der Waals surface area contributed by atoms with Crippen molar-refractivity contribution in [1.29, 1.82) is 0 Å². The first-order valence-corrected chi connectivity index (χ1v) is 10.5. The maximum Gasteiger partial charge on any atom is 0.324 e. The molecule has 0 saturated carbocycles. The number of hydrogen-bond acceptors (Lipinski definition) is 7. The molecule has 0 radical (unpaired) electrons. The minimum Gasteiger partial charge on any atom is -0.369 e. The van der Waals surface area contributed by atoms with Gasteiger partial charge in [0.15, 0.2) is 0 Å². The van der Waals surface area contributed by atoms with E-state index < -0.39 is 18.0 Å². The fourth-order valence-electron chi connectivity index (χ4n) is 3.98. The number of nitrogens with one attached hydrogen (secondary N) is 2. The molecular weight excluding hydrogens is 396 g/mol. The molecule has 2 aliphatic heterocycles. The van der Waals surface area contributed by atoms with Gasteiger partial charge in [0.1, 0.15) is 11.9 Å². The van der Waals surface area contributed by atoms with Crippen LogP contribution in [0.15, 0.2) is 36.5 Å². The molecule has 2 aliphatic rings. The van der Waals surface area contributed by atoms with Crippen LogP contribution in [0, 0.1) is 0 Å². The van der Waals surface area contributed by atoms with Gasteiger partial charge in [-0.3, -0.25) is 10.1 Å². The van der Waals surface area contributed by atoms with Crippen molar-refractivity contribution in [2.45, 2.75) is 18.9 Å². The summed E-state index contributed by atoms with van der Waals surface area (Å²) in [5.41, 5.74) is 7.27. The van der Waals surface area contributed by atoms with Crippen molar-refractivity contribution < 1.29 is 9.59 Å². The maximum atomic E-state index is 12.5. The molecule has 2 aromatic rings. The van der Waals surface area contributed by atoms with Crippen LogP contribution in [-0.4, -0.2) is 72.6 Å². The van der Waals surface area contributed by atoms with E-state index in [1.165, 1.54) is 0 Å². The van der Waals surface area contributed by atoms with E-state index in [0.717, 1.165) is 38.3 Å². The van der Waals surface area contributed by atoms with Gasteiger partial charge in [0.2, 0.25) is 11.9 Å². The first-order chi connectivity index (χ1) is 15.0. The first-order valence-electron chi connectivity index (χ1n) is 10.5. The molecule has 0 aliphatic carbocycles. The number of nitrogens with zero attached hydrogens (tertiary/aromatic N) is 5. The summed E-state index contributed by atoms with van der Waals surface area (Å²) >= 11 is 0. The summed E-state index contributed by atoms with van der Waals surface area (Å²) in [4.78, 5) is 39.2. The molecule has 0 bridgehead atoms. The van der Waals surface area contributed by atoms with Crippen LogP contribution in [0.1, 0.15) is 12.8 Å². The third-order valence-corrected chi connectivity index (χ3v) is 5.70. The van der Waals surface area contributed by atoms with E-state index in [1.807, 2.05) is 18.2 Å². The van der Waals surface area contributed by atoms with E-state index in [0.29, 0.717) is 30.4 Å². The Bertz CT molecular complexity index is 944. The van der Waals surface area contributed by atoms with E-state index in [4.69, 9.17) is 5.73 Å². The lowest BCUT2D eigenvalue weighted by atomic mass is 10.2. The highest BCUT2D eigenvalue weighted by molar-refractivity contribution is 5.99. The molecule has 0 spiro atoms. The second kappa shape index (κ2) is 9.17. The molecule has 164 valence electrons. The van der Waals surface area contributed by atoms with Crippen molar-refractivity contribution >= 4 is 35.1 Å². The predicted octanol–water partition coefficient (Wildman–Crippen LogP) is 1.33. The monoisotopic (exact) mass is 424 g/mol. The van der Waals surface area contributed by atoms with Gasteiger partial charge in [-0.05, 0) is 44.2 Å². The summed E-state index contributed by atoms with van der Waals surface area (Å²) in [6.45, 7) is 4.60. The molecular formula is C21H28N8O2. The standard InChI is InChI=1S/C21H28N8O2/c1-27-10-12-28(13-11-27)16-5-2-4-15(14-16)24-21(31)26-18-7-8-23-20(25-18)29-9-3-6-17(29)19(22)30/h2,4-5,7-8,14,17H,3,6,9-13H2,1H3,(H2,22,30)(H2,23,24,25,26,31)/t17-/m0/s1. The lowest BCUT2D eigenvalue weighted by molar-refractivity contribution is -0.119. The maximum absolute atomic E-state index is 12.5. The van der Waals surface area contributed by atoms with E-state index in [9.17, 15) is 9.59 Å². The van der Waals surface area contributed by atoms with Crippen molar-refractivity contribution in [2.75, 3.05) is 60.2 Å². The van der Waals surface area contributed by atoms with Crippen LogP contribution in [0.4, 0.5) is 27.9 Å². The molecule has 2 fully saturated rings. The van der Waals surface area contributed by atoms with Crippen LogP contribution in [0.2, 0.25) is 0 Å². The number of anilines is 4. The van der Waals surface area contributed by atoms with Crippen LogP contribution in [0.25, 0.3) is 0 Å². The molecule has 10 nitrogen and oxygen atoms in total. The van der Waals surface area contributed by atoms with Gasteiger partial charge >= 0.3 is 6.03 Å². The van der Waals surface area contributed by atoms with E-state index >= 15 is 0 Å². The van der Waals surface area contributed by atoms with Crippen molar-refractivity contribution in [1.82, 2.24) is 14.9 Å². The normalized spacial score (nSPS) is 19.3. The summed E-state index contributed by atoms with van der Waals surface area (Å²) in [6.07, 6.45) is 3.08. The molecule has 1 aromatic heterocycles. The highest BCUT2D eigenvalue weighted by atomic mass is 16.2. The lowest BCUT2D eigenvalue weighted by Crippen LogP contribution is -2.44. The summed E-state index contributed by atoms with van der Waals surface area (Å²) in [6, 6.07) is 8.61. The lowest BCUT2D eigenvalue weighted by Gasteiger charge is -2.34. The van der Waals surface area contributed by atoms with Crippen LogP contribution >= 0.6 is 0 Å². The van der Waals surface area contributed by atoms with Gasteiger partial charge in [-0.1, -0.05) is 6.07 Å². The summed E-state index contributed by atoms with van der Waals surface area (Å²) in [5, 5.41) is 5.60. The summed E-state index contributed by atoms with van der Waals surface area (Å²) in [7, 11) is 2.12. The molecule has 4 rings (SSSR count). The number of aromatic nitrogens is 2. The number of amides is 3. The number of likely N-dealkylation sites (N-methyl/N-ethyl adjacent to an activating group) is 1. The van der Waals surface area contributed by atoms with Crippen molar-refractivity contribution in [3.05, 3.63) is 36.5 Å². The Balaban J connectivity index is 1.39. The fourth-order valence-corrected chi connectivity index (χ4v) is 3.98. The average molecular weight is 425 g/mol. The molecule has 31 heavy (non-hydrogen) atoms. The first kappa shape index (κ1) is 20.9. The molecule has 0 unspecified atom stereocenters. The third-order valence-electron chi connectivity index (χ3n) is 5.70. The molecule has 3 amide bonds. The van der Waals surface area contributed by atoms with Crippen molar-refractivity contribution in [2.24, 2.45) is 5.73 Å². The summed E-state index contributed by atoms with van der Waals surface area (Å²) in [5.74, 6) is 0.349. The van der Waals surface area contributed by atoms with Crippen LogP contribution in [0.3, 0.4) is 0 Å². The quantitative estimate of drug-likeness (QED) is 0.662. The molecule has 1 aromatic carbocycles. The van der Waals surface area contributed by atoms with Gasteiger partial charge in [-0.15, -0.1) is 0 Å². The SMILES string of the molecule is CN1CCN(c2cccc(NC(=O)Nc3ccnc(N4CCC[C@H]4C(N)=O)n3)c2)CC1. The molecule has 4 N–H and O–H groups in total. The van der Waals surface area contributed by atoms with Gasteiger partial charge in [-0.25, -0.2) is 9.78 Å². The van der Waals surface area contributed by atoms with Gasteiger partial charge in [0, 0.05) is 50.3 Å². The Morgan fingerprint density at radius 1 is 1.10 bits per heavy atom. The van der Waals surface area contributed by atoms with Gasteiger partial charge < -0.3 is 25.8 Å². The third kappa shape index (κ3) is 5.02. The Hall–Kier alpha value is -3.40. The van der Waals surface area contributed by atoms with Gasteiger partial charge in [0.05, 0.1) is 0 Å². The molecule has 3 heterocycles. The zero-order valence-corrected chi connectivity index (χ0v) is 17.6. The number of piperazine rings is 1. The number of urea groups is 1. The molecule has 2 saturated heterocycles. The molecule has 10 heteroatoms.